The summed E-state index contributed by atoms with van der Waals surface area (Å²) in [6.07, 6.45) is -4.40. The molecule has 0 aromatic heterocycles. The molecule has 0 saturated carbocycles. The van der Waals surface area contributed by atoms with Crippen LogP contribution >= 0.6 is 0 Å². The second kappa shape index (κ2) is 5.71. The Balaban J connectivity index is 2.16. The Labute approximate surface area is 118 Å². The minimum atomic E-state index is -4.40. The summed E-state index contributed by atoms with van der Waals surface area (Å²) in [6.45, 7) is 1.59. The van der Waals surface area contributed by atoms with E-state index in [2.05, 4.69) is 5.32 Å². The van der Waals surface area contributed by atoms with Crippen LogP contribution in [0, 0.1) is 11.6 Å². The van der Waals surface area contributed by atoms with Crippen molar-refractivity contribution in [3.8, 4) is 0 Å². The first-order chi connectivity index (χ1) is 9.79. The van der Waals surface area contributed by atoms with Gasteiger partial charge in [-0.2, -0.15) is 13.2 Å². The fourth-order valence-corrected chi connectivity index (χ4v) is 1.94. The number of hydrogen-bond acceptors (Lipinski definition) is 1. The van der Waals surface area contributed by atoms with Gasteiger partial charge in [-0.3, -0.25) is 0 Å². The molecule has 0 heterocycles. The summed E-state index contributed by atoms with van der Waals surface area (Å²) in [6, 6.07) is 7.56. The van der Waals surface area contributed by atoms with Crippen LogP contribution in [0.1, 0.15) is 24.1 Å². The predicted octanol–water partition coefficient (Wildman–Crippen LogP) is 5.16. The fraction of sp³-hybridized carbons (Fsp3) is 0.200. The molecule has 0 bridgehead atoms. The number of nitrogens with one attached hydrogen (secondary N) is 1. The molecule has 0 aliphatic rings. The van der Waals surface area contributed by atoms with Crippen molar-refractivity contribution in [1.29, 1.82) is 0 Å². The van der Waals surface area contributed by atoms with Gasteiger partial charge in [-0.25, -0.2) is 8.78 Å². The molecule has 0 saturated heterocycles. The Morgan fingerprint density at radius 2 is 1.57 bits per heavy atom. The third-order valence-electron chi connectivity index (χ3n) is 3.04. The van der Waals surface area contributed by atoms with E-state index in [-0.39, 0.29) is 5.56 Å². The van der Waals surface area contributed by atoms with Crippen LogP contribution in [0.4, 0.5) is 27.6 Å². The number of rotatable bonds is 3. The molecule has 0 fully saturated rings. The predicted molar refractivity (Wildman–Crippen MR) is 69.8 cm³/mol. The smallest absolute Gasteiger partial charge is 0.378 e. The van der Waals surface area contributed by atoms with E-state index in [1.165, 1.54) is 24.3 Å². The number of halogens is 5. The molecule has 0 radical (unpaired) electrons. The Kier molecular flexibility index (Phi) is 4.16. The Bertz CT molecular complexity index is 619. The molecular formula is C15H12F5N. The van der Waals surface area contributed by atoms with Crippen molar-refractivity contribution in [3.63, 3.8) is 0 Å². The largest absolute Gasteiger partial charge is 0.416 e. The number of benzene rings is 2. The van der Waals surface area contributed by atoms with Crippen LogP contribution in [0.3, 0.4) is 0 Å². The van der Waals surface area contributed by atoms with E-state index in [1.54, 1.807) is 6.92 Å². The average Bonchev–Trinajstić information content (AvgIpc) is 2.41. The van der Waals surface area contributed by atoms with Crippen LogP contribution in [0.2, 0.25) is 0 Å². The first-order valence-electron chi connectivity index (χ1n) is 6.16. The van der Waals surface area contributed by atoms with Crippen molar-refractivity contribution < 1.29 is 22.0 Å². The standard InChI is InChI=1S/C15H12F5N/c1-9(12-3-2-4-13(16)14(12)17)21-11-7-5-10(6-8-11)15(18,19)20/h2-9,21H,1H3. The van der Waals surface area contributed by atoms with Gasteiger partial charge >= 0.3 is 6.18 Å². The van der Waals surface area contributed by atoms with Gasteiger partial charge in [-0.05, 0) is 37.3 Å². The van der Waals surface area contributed by atoms with Gasteiger partial charge in [-0.1, -0.05) is 12.1 Å². The molecule has 1 unspecified atom stereocenters. The summed E-state index contributed by atoms with van der Waals surface area (Å²) < 4.78 is 64.0. The average molecular weight is 301 g/mol. The summed E-state index contributed by atoms with van der Waals surface area (Å²) in [7, 11) is 0. The minimum absolute atomic E-state index is 0.106. The van der Waals surface area contributed by atoms with E-state index in [1.807, 2.05) is 0 Å². The van der Waals surface area contributed by atoms with Gasteiger partial charge in [0, 0.05) is 11.3 Å². The third kappa shape index (κ3) is 3.51. The lowest BCUT2D eigenvalue weighted by Crippen LogP contribution is -2.10. The van der Waals surface area contributed by atoms with Gasteiger partial charge in [0.25, 0.3) is 0 Å². The molecule has 0 aliphatic carbocycles. The first-order valence-corrected chi connectivity index (χ1v) is 6.16. The summed E-state index contributed by atoms with van der Waals surface area (Å²) >= 11 is 0. The summed E-state index contributed by atoms with van der Waals surface area (Å²) in [4.78, 5) is 0. The maximum Gasteiger partial charge on any atom is 0.416 e. The highest BCUT2D eigenvalue weighted by Gasteiger charge is 2.30. The van der Waals surface area contributed by atoms with Crippen LogP contribution in [0.15, 0.2) is 42.5 Å². The van der Waals surface area contributed by atoms with Crippen LogP contribution in [0.5, 0.6) is 0 Å². The van der Waals surface area contributed by atoms with Crippen LogP contribution in [-0.2, 0) is 6.18 Å². The van der Waals surface area contributed by atoms with Crippen molar-refractivity contribution in [3.05, 3.63) is 65.2 Å². The Hall–Kier alpha value is -2.11. The fourth-order valence-electron chi connectivity index (χ4n) is 1.94. The van der Waals surface area contributed by atoms with Crippen molar-refractivity contribution in [2.75, 3.05) is 5.32 Å². The molecule has 0 spiro atoms. The normalized spacial score (nSPS) is 13.0. The van der Waals surface area contributed by atoms with Crippen molar-refractivity contribution in [2.24, 2.45) is 0 Å². The van der Waals surface area contributed by atoms with Crippen molar-refractivity contribution >= 4 is 5.69 Å². The molecule has 6 heteroatoms. The summed E-state index contributed by atoms with van der Waals surface area (Å²) in [5.41, 5.74) is -0.272. The molecule has 2 aromatic carbocycles. The maximum absolute atomic E-state index is 13.6. The highest BCUT2D eigenvalue weighted by Crippen LogP contribution is 2.30. The zero-order chi connectivity index (χ0) is 15.6. The van der Waals surface area contributed by atoms with Gasteiger partial charge in [-0.15, -0.1) is 0 Å². The molecule has 1 atom stereocenters. The highest BCUT2D eigenvalue weighted by molar-refractivity contribution is 5.47. The van der Waals surface area contributed by atoms with E-state index < -0.39 is 29.4 Å². The maximum atomic E-state index is 13.6. The monoisotopic (exact) mass is 301 g/mol. The van der Waals surface area contributed by atoms with Crippen LogP contribution in [0.25, 0.3) is 0 Å². The van der Waals surface area contributed by atoms with E-state index >= 15 is 0 Å². The van der Waals surface area contributed by atoms with E-state index in [9.17, 15) is 22.0 Å². The number of alkyl halides is 3. The second-order valence-corrected chi connectivity index (χ2v) is 4.58. The molecule has 1 N–H and O–H groups in total. The van der Waals surface area contributed by atoms with Crippen LogP contribution in [-0.4, -0.2) is 0 Å². The summed E-state index contributed by atoms with van der Waals surface area (Å²) in [5.74, 6) is -1.93. The summed E-state index contributed by atoms with van der Waals surface area (Å²) in [5, 5.41) is 2.83. The molecule has 21 heavy (non-hydrogen) atoms. The van der Waals surface area contributed by atoms with Crippen molar-refractivity contribution in [2.45, 2.75) is 19.1 Å². The van der Waals surface area contributed by atoms with Gasteiger partial charge in [0.05, 0.1) is 11.6 Å². The second-order valence-electron chi connectivity index (χ2n) is 4.58. The molecule has 2 rings (SSSR count). The van der Waals surface area contributed by atoms with E-state index in [0.29, 0.717) is 5.69 Å². The molecule has 1 nitrogen and oxygen atoms in total. The minimum Gasteiger partial charge on any atom is -0.378 e. The lowest BCUT2D eigenvalue weighted by Gasteiger charge is -2.17. The van der Waals surface area contributed by atoms with Crippen molar-refractivity contribution in [1.82, 2.24) is 0 Å². The molecule has 0 aliphatic heterocycles. The molecule has 112 valence electrons. The zero-order valence-electron chi connectivity index (χ0n) is 11.0. The Morgan fingerprint density at radius 1 is 0.952 bits per heavy atom. The van der Waals surface area contributed by atoms with E-state index in [0.717, 1.165) is 18.2 Å². The zero-order valence-corrected chi connectivity index (χ0v) is 11.0. The number of anilines is 1. The van der Waals surface area contributed by atoms with E-state index in [4.69, 9.17) is 0 Å². The highest BCUT2D eigenvalue weighted by atomic mass is 19.4. The number of hydrogen-bond donors (Lipinski definition) is 1. The SMILES string of the molecule is CC(Nc1ccc(C(F)(F)F)cc1)c1cccc(F)c1F. The van der Waals surface area contributed by atoms with Crippen LogP contribution < -0.4 is 5.32 Å². The lowest BCUT2D eigenvalue weighted by atomic mass is 10.1. The van der Waals surface area contributed by atoms with Gasteiger partial charge in [0.1, 0.15) is 0 Å². The third-order valence-corrected chi connectivity index (χ3v) is 3.04. The topological polar surface area (TPSA) is 12.0 Å². The van der Waals surface area contributed by atoms with Gasteiger partial charge in [0.2, 0.25) is 0 Å². The first kappa shape index (κ1) is 15.3. The molecular weight excluding hydrogens is 289 g/mol. The molecule has 2 aromatic rings. The quantitative estimate of drug-likeness (QED) is 0.772. The molecule has 0 amide bonds. The Morgan fingerprint density at radius 3 is 2.14 bits per heavy atom. The lowest BCUT2D eigenvalue weighted by molar-refractivity contribution is -0.137. The van der Waals surface area contributed by atoms with Gasteiger partial charge in [0.15, 0.2) is 11.6 Å². The van der Waals surface area contributed by atoms with Gasteiger partial charge < -0.3 is 5.32 Å².